The largest absolute Gasteiger partial charge is 0.392 e. The number of hydrogen-bond donors (Lipinski definition) is 1. The van der Waals surface area contributed by atoms with Gasteiger partial charge in [-0.2, -0.15) is 0 Å². The van der Waals surface area contributed by atoms with Crippen molar-refractivity contribution >= 4 is 16.7 Å². The van der Waals surface area contributed by atoms with Crippen molar-refractivity contribution in [2.24, 2.45) is 5.16 Å². The smallest absolute Gasteiger partial charge is 0.144 e. The van der Waals surface area contributed by atoms with Crippen molar-refractivity contribution in [1.29, 1.82) is 0 Å². The van der Waals surface area contributed by atoms with Crippen LogP contribution in [0.15, 0.2) is 109 Å². The van der Waals surface area contributed by atoms with Crippen LogP contribution in [-0.2, 0) is 11.4 Å². The molecular weight excluding hydrogens is 458 g/mol. The minimum atomic E-state index is -0.0325. The van der Waals surface area contributed by atoms with Gasteiger partial charge in [0.15, 0.2) is 0 Å². The number of nitrogens with zero attached hydrogens (tertiary/aromatic N) is 3. The van der Waals surface area contributed by atoms with E-state index in [2.05, 4.69) is 89.6 Å². The Balaban J connectivity index is 1.61. The van der Waals surface area contributed by atoms with Crippen LogP contribution in [0.2, 0.25) is 0 Å². The summed E-state index contributed by atoms with van der Waals surface area (Å²) in [5.41, 5.74) is 8.50. The zero-order chi connectivity index (χ0) is 25.4. The molecule has 1 N–H and O–H groups in total. The lowest BCUT2D eigenvalue weighted by molar-refractivity contribution is 0.0904. The lowest BCUT2D eigenvalue weighted by Crippen LogP contribution is -2.16. The number of oxime groups is 1. The first-order chi connectivity index (χ1) is 18.1. The molecule has 5 heteroatoms. The zero-order valence-corrected chi connectivity index (χ0v) is 21.0. The molecule has 0 spiro atoms. The number of rotatable bonds is 6. The van der Waals surface area contributed by atoms with Crippen LogP contribution in [0.25, 0.3) is 16.7 Å². The summed E-state index contributed by atoms with van der Waals surface area (Å²) in [6, 6.07) is 31.5. The number of aliphatic hydroxyl groups excluding tert-OH is 1. The van der Waals surface area contributed by atoms with E-state index in [-0.39, 0.29) is 24.5 Å². The van der Waals surface area contributed by atoms with Crippen LogP contribution in [0.5, 0.6) is 0 Å². The molecular formula is C32H29N3O2. The molecule has 2 unspecified atom stereocenters. The summed E-state index contributed by atoms with van der Waals surface area (Å²) in [7, 11) is 0. The fraction of sp³-hybridized carbons (Fsp3) is 0.188. The van der Waals surface area contributed by atoms with Crippen molar-refractivity contribution in [3.05, 3.63) is 131 Å². The molecule has 5 nitrogen and oxygen atoms in total. The van der Waals surface area contributed by atoms with E-state index in [1.165, 1.54) is 16.7 Å². The molecule has 2 atom stereocenters. The SMILES string of the molecule is CC1=NOC(C)C1c1cnc2c(c1)c(C(c1ccccc1)c1ccccc1)cn2-c1ccc(CO)cc1. The number of fused-ring (bicyclic) bond motifs is 1. The molecule has 0 radical (unpaired) electrons. The first kappa shape index (κ1) is 23.2. The molecule has 0 fully saturated rings. The molecule has 0 aliphatic carbocycles. The zero-order valence-electron chi connectivity index (χ0n) is 21.0. The second-order valence-corrected chi connectivity index (χ2v) is 9.69. The van der Waals surface area contributed by atoms with Crippen molar-refractivity contribution in [3.8, 4) is 5.69 Å². The van der Waals surface area contributed by atoms with Gasteiger partial charge in [-0.25, -0.2) is 4.98 Å². The minimum Gasteiger partial charge on any atom is -0.392 e. The summed E-state index contributed by atoms with van der Waals surface area (Å²) in [5.74, 6) is 0.107. The Labute approximate surface area is 216 Å². The molecule has 0 saturated heterocycles. The maximum absolute atomic E-state index is 9.54. The van der Waals surface area contributed by atoms with Gasteiger partial charge < -0.3 is 14.5 Å². The quantitative estimate of drug-likeness (QED) is 0.294. The lowest BCUT2D eigenvalue weighted by atomic mass is 9.84. The van der Waals surface area contributed by atoms with Crippen molar-refractivity contribution in [3.63, 3.8) is 0 Å². The third-order valence-electron chi connectivity index (χ3n) is 7.31. The highest BCUT2D eigenvalue weighted by atomic mass is 16.6. The van der Waals surface area contributed by atoms with Crippen molar-refractivity contribution in [2.75, 3.05) is 0 Å². The standard InChI is InChI=1S/C32H29N3O2/c1-21-30(22(2)37-34-21)26-17-28-29(31(24-9-5-3-6-10-24)25-11-7-4-8-12-25)19-35(32(28)33-18-26)27-15-13-23(20-36)14-16-27/h3-19,22,30-31,36H,20H2,1-2H3. The van der Waals surface area contributed by atoms with Crippen LogP contribution in [0.4, 0.5) is 0 Å². The third kappa shape index (κ3) is 4.21. The van der Waals surface area contributed by atoms with Crippen molar-refractivity contribution < 1.29 is 9.94 Å². The number of aliphatic hydroxyl groups is 1. The van der Waals surface area contributed by atoms with E-state index in [0.717, 1.165) is 33.6 Å². The van der Waals surface area contributed by atoms with E-state index in [1.807, 2.05) is 37.4 Å². The van der Waals surface area contributed by atoms with Gasteiger partial charge >= 0.3 is 0 Å². The van der Waals surface area contributed by atoms with Crippen LogP contribution >= 0.6 is 0 Å². The molecule has 37 heavy (non-hydrogen) atoms. The van der Waals surface area contributed by atoms with E-state index >= 15 is 0 Å². The second kappa shape index (κ2) is 9.68. The van der Waals surface area contributed by atoms with Crippen molar-refractivity contribution in [1.82, 2.24) is 9.55 Å². The van der Waals surface area contributed by atoms with Crippen LogP contribution in [-0.4, -0.2) is 26.5 Å². The first-order valence-corrected chi connectivity index (χ1v) is 12.7. The number of hydrogen-bond acceptors (Lipinski definition) is 4. The molecule has 0 bridgehead atoms. The van der Waals surface area contributed by atoms with E-state index in [0.29, 0.717) is 0 Å². The summed E-state index contributed by atoms with van der Waals surface area (Å²) in [5, 5.41) is 14.9. The Morgan fingerprint density at radius 2 is 1.57 bits per heavy atom. The van der Waals surface area contributed by atoms with Gasteiger partial charge in [-0.15, -0.1) is 0 Å². The fourth-order valence-electron chi connectivity index (χ4n) is 5.49. The number of aromatic nitrogens is 2. The predicted molar refractivity (Wildman–Crippen MR) is 147 cm³/mol. The Kier molecular flexibility index (Phi) is 6.07. The Morgan fingerprint density at radius 3 is 2.14 bits per heavy atom. The average Bonchev–Trinajstić information content (AvgIpc) is 3.49. The minimum absolute atomic E-state index is 0.0200. The third-order valence-corrected chi connectivity index (χ3v) is 7.31. The molecule has 3 heterocycles. The second-order valence-electron chi connectivity index (χ2n) is 9.69. The van der Waals surface area contributed by atoms with Crippen LogP contribution in [0, 0.1) is 0 Å². The van der Waals surface area contributed by atoms with Crippen LogP contribution in [0.3, 0.4) is 0 Å². The summed E-state index contributed by atoms with van der Waals surface area (Å²) >= 11 is 0. The molecule has 0 amide bonds. The predicted octanol–water partition coefficient (Wildman–Crippen LogP) is 6.58. The van der Waals surface area contributed by atoms with Crippen molar-refractivity contribution in [2.45, 2.75) is 38.4 Å². The fourth-order valence-corrected chi connectivity index (χ4v) is 5.49. The lowest BCUT2D eigenvalue weighted by Gasteiger charge is -2.19. The van der Waals surface area contributed by atoms with Gasteiger partial charge in [0.05, 0.1) is 18.2 Å². The Hall–Kier alpha value is -4.22. The van der Waals surface area contributed by atoms with Gasteiger partial charge in [-0.05, 0) is 59.9 Å². The maximum atomic E-state index is 9.54. The number of pyridine rings is 1. The molecule has 2 aromatic heterocycles. The van der Waals surface area contributed by atoms with Gasteiger partial charge in [0.2, 0.25) is 0 Å². The van der Waals surface area contributed by atoms with Gasteiger partial charge in [-0.1, -0.05) is 78.0 Å². The monoisotopic (exact) mass is 487 g/mol. The highest BCUT2D eigenvalue weighted by Gasteiger charge is 2.31. The normalized spacial score (nSPS) is 17.2. The summed E-state index contributed by atoms with van der Waals surface area (Å²) in [6.07, 6.45) is 4.14. The average molecular weight is 488 g/mol. The number of benzene rings is 3. The molecule has 5 aromatic rings. The molecule has 184 valence electrons. The molecule has 6 rings (SSSR count). The molecule has 1 aliphatic rings. The Bertz CT molecular complexity index is 1520. The van der Waals surface area contributed by atoms with Crippen LogP contribution < -0.4 is 0 Å². The summed E-state index contributed by atoms with van der Waals surface area (Å²) < 4.78 is 2.16. The topological polar surface area (TPSA) is 59.6 Å². The van der Waals surface area contributed by atoms with E-state index < -0.39 is 0 Å². The van der Waals surface area contributed by atoms with Gasteiger partial charge in [0.1, 0.15) is 11.8 Å². The highest BCUT2D eigenvalue weighted by Crippen LogP contribution is 2.39. The molecule has 0 saturated carbocycles. The van der Waals surface area contributed by atoms with E-state index in [9.17, 15) is 5.11 Å². The maximum Gasteiger partial charge on any atom is 0.144 e. The molecule has 1 aliphatic heterocycles. The first-order valence-electron chi connectivity index (χ1n) is 12.7. The van der Waals surface area contributed by atoms with Crippen LogP contribution in [0.1, 0.15) is 53.5 Å². The van der Waals surface area contributed by atoms with E-state index in [4.69, 9.17) is 9.82 Å². The van der Waals surface area contributed by atoms with E-state index in [1.54, 1.807) is 0 Å². The van der Waals surface area contributed by atoms with Gasteiger partial charge in [-0.3, -0.25) is 0 Å². The summed E-state index contributed by atoms with van der Waals surface area (Å²) in [6.45, 7) is 4.09. The molecule has 3 aromatic carbocycles. The van der Waals surface area contributed by atoms with Gasteiger partial charge in [0, 0.05) is 29.4 Å². The highest BCUT2D eigenvalue weighted by molar-refractivity contribution is 5.92. The summed E-state index contributed by atoms with van der Waals surface area (Å²) in [4.78, 5) is 10.6. The van der Waals surface area contributed by atoms with Gasteiger partial charge in [0.25, 0.3) is 0 Å². The Morgan fingerprint density at radius 1 is 0.919 bits per heavy atom.